The summed E-state index contributed by atoms with van der Waals surface area (Å²) in [6, 6.07) is 12.1. The maximum Gasteiger partial charge on any atom is 0.254 e. The lowest BCUT2D eigenvalue weighted by Gasteiger charge is -2.29. The first-order valence-corrected chi connectivity index (χ1v) is 11.7. The van der Waals surface area contributed by atoms with Gasteiger partial charge in [0.1, 0.15) is 0 Å². The highest BCUT2D eigenvalue weighted by molar-refractivity contribution is 7.89. The fraction of sp³-hybridized carbons (Fsp3) is 0.318. The predicted octanol–water partition coefficient (Wildman–Crippen LogP) is 1.85. The van der Waals surface area contributed by atoms with Crippen LogP contribution in [0.15, 0.2) is 53.6 Å². The molecule has 0 N–H and O–H groups in total. The van der Waals surface area contributed by atoms with Crippen LogP contribution in [-0.4, -0.2) is 66.3 Å². The largest absolute Gasteiger partial charge is 0.379 e. The van der Waals surface area contributed by atoms with E-state index in [9.17, 15) is 13.2 Å². The fourth-order valence-electron chi connectivity index (χ4n) is 4.03. The van der Waals surface area contributed by atoms with Gasteiger partial charge >= 0.3 is 0 Å². The molecule has 160 valence electrons. The zero-order chi connectivity index (χ0) is 21.4. The number of rotatable bonds is 3. The molecule has 8 nitrogen and oxygen atoms in total. The number of fused-ring (bicyclic) bond motifs is 2. The van der Waals surface area contributed by atoms with Crippen LogP contribution in [0.2, 0.25) is 0 Å². The topological polar surface area (TPSA) is 92.7 Å². The van der Waals surface area contributed by atoms with Crippen LogP contribution in [0.5, 0.6) is 0 Å². The molecule has 0 spiro atoms. The van der Waals surface area contributed by atoms with Crippen molar-refractivity contribution in [2.45, 2.75) is 17.9 Å². The quantitative estimate of drug-likeness (QED) is 0.620. The number of carbonyl (C=O) groups excluding carboxylic acids is 1. The number of amides is 1. The van der Waals surface area contributed by atoms with E-state index in [1.807, 2.05) is 18.2 Å². The van der Waals surface area contributed by atoms with Crippen LogP contribution in [0, 0.1) is 0 Å². The lowest BCUT2D eigenvalue weighted by molar-refractivity contribution is 0.0730. The molecule has 3 aromatic rings. The molecule has 5 rings (SSSR count). The Bertz CT molecular complexity index is 1240. The van der Waals surface area contributed by atoms with Crippen LogP contribution in [0.25, 0.3) is 11.0 Å². The van der Waals surface area contributed by atoms with Crippen LogP contribution in [-0.2, 0) is 27.7 Å². The van der Waals surface area contributed by atoms with Gasteiger partial charge in [0, 0.05) is 55.4 Å². The van der Waals surface area contributed by atoms with E-state index < -0.39 is 10.0 Å². The maximum atomic E-state index is 13.1. The molecule has 0 unspecified atom stereocenters. The number of morpholine rings is 1. The van der Waals surface area contributed by atoms with E-state index in [4.69, 9.17) is 4.74 Å². The molecule has 2 aliphatic heterocycles. The maximum absolute atomic E-state index is 13.1. The van der Waals surface area contributed by atoms with E-state index in [1.165, 1.54) is 16.4 Å². The fourth-order valence-corrected chi connectivity index (χ4v) is 5.43. The summed E-state index contributed by atoms with van der Waals surface area (Å²) in [6.07, 6.45) is 2.39. The van der Waals surface area contributed by atoms with E-state index in [2.05, 4.69) is 9.97 Å². The molecule has 9 heteroatoms. The lowest BCUT2D eigenvalue weighted by Crippen LogP contribution is -2.40. The molecule has 1 fully saturated rings. The Labute approximate surface area is 180 Å². The van der Waals surface area contributed by atoms with Gasteiger partial charge in [-0.25, -0.2) is 18.4 Å². The smallest absolute Gasteiger partial charge is 0.254 e. The summed E-state index contributed by atoms with van der Waals surface area (Å²) in [5.74, 6) is -0.118. The summed E-state index contributed by atoms with van der Waals surface area (Å²) in [4.78, 5) is 24.0. The second-order valence-electron chi connectivity index (χ2n) is 7.66. The predicted molar refractivity (Wildman–Crippen MR) is 114 cm³/mol. The molecule has 0 radical (unpaired) electrons. The van der Waals surface area contributed by atoms with Crippen molar-refractivity contribution >= 4 is 27.0 Å². The number of hydrogen-bond donors (Lipinski definition) is 0. The standard InChI is InChI=1S/C22H22N4O4S/c27-22(16-3-5-19(6-4-16)31(28,29)26-10-12-30-13-11-26)25-9-7-20-18(15-25)14-17-2-1-8-23-21(17)24-20/h1-6,8,14H,7,9-13,15H2. The Morgan fingerprint density at radius 1 is 1.03 bits per heavy atom. The number of hydrogen-bond acceptors (Lipinski definition) is 6. The molecule has 1 amide bonds. The van der Waals surface area contributed by atoms with Gasteiger partial charge in [-0.1, -0.05) is 0 Å². The number of sulfonamides is 1. The molecule has 2 aliphatic rings. The first-order valence-electron chi connectivity index (χ1n) is 10.2. The van der Waals surface area contributed by atoms with Gasteiger partial charge in [-0.3, -0.25) is 4.79 Å². The van der Waals surface area contributed by atoms with Gasteiger partial charge in [0.15, 0.2) is 5.65 Å². The first kappa shape index (κ1) is 20.0. The number of pyridine rings is 2. The van der Waals surface area contributed by atoms with Crippen LogP contribution in [0.1, 0.15) is 21.6 Å². The lowest BCUT2D eigenvalue weighted by atomic mass is 10.0. The van der Waals surface area contributed by atoms with E-state index in [1.54, 1.807) is 23.2 Å². The first-order chi connectivity index (χ1) is 15.0. The molecule has 31 heavy (non-hydrogen) atoms. The van der Waals surface area contributed by atoms with Gasteiger partial charge in [-0.2, -0.15) is 4.31 Å². The van der Waals surface area contributed by atoms with Crippen molar-refractivity contribution in [3.63, 3.8) is 0 Å². The second-order valence-corrected chi connectivity index (χ2v) is 9.60. The van der Waals surface area contributed by atoms with Gasteiger partial charge in [-0.05, 0) is 48.0 Å². The minimum Gasteiger partial charge on any atom is -0.379 e. The number of ether oxygens (including phenoxy) is 1. The highest BCUT2D eigenvalue weighted by Gasteiger charge is 2.27. The van der Waals surface area contributed by atoms with Crippen LogP contribution in [0.4, 0.5) is 0 Å². The SMILES string of the molecule is O=C(c1ccc(S(=O)(=O)N2CCOCC2)cc1)N1CCc2nc3ncccc3cc2C1. The molecule has 2 aromatic heterocycles. The third-order valence-corrected chi connectivity index (χ3v) is 7.65. The summed E-state index contributed by atoms with van der Waals surface area (Å²) in [5.41, 5.74) is 3.19. The molecule has 0 atom stereocenters. The zero-order valence-electron chi connectivity index (χ0n) is 16.9. The molecular weight excluding hydrogens is 416 g/mol. The second kappa shape index (κ2) is 7.99. The van der Waals surface area contributed by atoms with Crippen molar-refractivity contribution in [2.75, 3.05) is 32.8 Å². The average Bonchev–Trinajstić information content (AvgIpc) is 2.82. The van der Waals surface area contributed by atoms with Gasteiger partial charge in [0.05, 0.1) is 18.1 Å². The molecule has 1 aromatic carbocycles. The Kier molecular flexibility index (Phi) is 5.17. The summed E-state index contributed by atoms with van der Waals surface area (Å²) >= 11 is 0. The summed E-state index contributed by atoms with van der Waals surface area (Å²) in [6.45, 7) is 2.51. The molecule has 0 aliphatic carbocycles. The average molecular weight is 439 g/mol. The van der Waals surface area contributed by atoms with Crippen molar-refractivity contribution < 1.29 is 17.9 Å². The van der Waals surface area contributed by atoms with Crippen LogP contribution < -0.4 is 0 Å². The van der Waals surface area contributed by atoms with Gasteiger partial charge in [0.25, 0.3) is 5.91 Å². The van der Waals surface area contributed by atoms with Gasteiger partial charge in [0.2, 0.25) is 10.0 Å². The van der Waals surface area contributed by atoms with Gasteiger partial charge < -0.3 is 9.64 Å². The van der Waals surface area contributed by atoms with Crippen LogP contribution in [0.3, 0.4) is 0 Å². The molecule has 0 saturated carbocycles. The highest BCUT2D eigenvalue weighted by atomic mass is 32.2. The van der Waals surface area contributed by atoms with E-state index >= 15 is 0 Å². The van der Waals surface area contributed by atoms with Crippen molar-refractivity contribution in [1.29, 1.82) is 0 Å². The Hall–Kier alpha value is -2.88. The number of carbonyl (C=O) groups is 1. The normalized spacial score (nSPS) is 17.5. The van der Waals surface area contributed by atoms with Crippen molar-refractivity contribution in [2.24, 2.45) is 0 Å². The molecule has 4 heterocycles. The van der Waals surface area contributed by atoms with E-state index in [0.717, 1.165) is 22.3 Å². The van der Waals surface area contributed by atoms with Crippen LogP contribution >= 0.6 is 0 Å². The summed E-state index contributed by atoms with van der Waals surface area (Å²) in [7, 11) is -3.58. The third-order valence-electron chi connectivity index (χ3n) is 5.73. The monoisotopic (exact) mass is 438 g/mol. The molecule has 0 bridgehead atoms. The summed E-state index contributed by atoms with van der Waals surface area (Å²) < 4.78 is 32.2. The molecule has 1 saturated heterocycles. The highest BCUT2D eigenvalue weighted by Crippen LogP contribution is 2.24. The third kappa shape index (κ3) is 3.80. The van der Waals surface area contributed by atoms with Crippen molar-refractivity contribution in [1.82, 2.24) is 19.2 Å². The number of benzene rings is 1. The summed E-state index contributed by atoms with van der Waals surface area (Å²) in [5, 5.41) is 0.952. The van der Waals surface area contributed by atoms with Crippen molar-refractivity contribution in [3.8, 4) is 0 Å². The van der Waals surface area contributed by atoms with Gasteiger partial charge in [-0.15, -0.1) is 0 Å². The minimum absolute atomic E-state index is 0.118. The Morgan fingerprint density at radius 2 is 1.81 bits per heavy atom. The molecular formula is C22H22N4O4S. The Balaban J connectivity index is 1.34. The minimum atomic E-state index is -3.58. The number of nitrogens with zero attached hydrogens (tertiary/aromatic N) is 4. The number of aromatic nitrogens is 2. The van der Waals surface area contributed by atoms with E-state index in [-0.39, 0.29) is 10.8 Å². The Morgan fingerprint density at radius 3 is 2.58 bits per heavy atom. The zero-order valence-corrected chi connectivity index (χ0v) is 17.7. The van der Waals surface area contributed by atoms with E-state index in [0.29, 0.717) is 51.4 Å². The van der Waals surface area contributed by atoms with Crippen molar-refractivity contribution in [3.05, 3.63) is 65.5 Å².